The van der Waals surface area contributed by atoms with Crippen LogP contribution in [0.3, 0.4) is 0 Å². The van der Waals surface area contributed by atoms with Crippen molar-refractivity contribution < 1.29 is 13.2 Å². The summed E-state index contributed by atoms with van der Waals surface area (Å²) >= 11 is 1.72. The Morgan fingerprint density at radius 1 is 1.04 bits per heavy atom. The third-order valence-electron chi connectivity index (χ3n) is 3.42. The van der Waals surface area contributed by atoms with Crippen molar-refractivity contribution in [2.24, 2.45) is 0 Å². The first kappa shape index (κ1) is 18.5. The van der Waals surface area contributed by atoms with Crippen LogP contribution in [0.5, 0.6) is 0 Å². The second kappa shape index (κ2) is 7.83. The minimum atomic E-state index is -3.47. The molecular formula is C17H20N2O3S2. The fourth-order valence-corrected chi connectivity index (χ4v) is 3.47. The predicted octanol–water partition coefficient (Wildman–Crippen LogP) is 3.05. The van der Waals surface area contributed by atoms with Crippen LogP contribution in [0.4, 0.5) is 5.69 Å². The van der Waals surface area contributed by atoms with Gasteiger partial charge in [-0.25, -0.2) is 12.7 Å². The van der Waals surface area contributed by atoms with Crippen LogP contribution < -0.4 is 5.32 Å². The number of thioether (sulfide) groups is 1. The third-order valence-corrected chi connectivity index (χ3v) is 5.87. The van der Waals surface area contributed by atoms with E-state index < -0.39 is 10.0 Å². The molecule has 2 rings (SSSR count). The monoisotopic (exact) mass is 364 g/mol. The molecule has 1 N–H and O–H groups in total. The average Bonchev–Trinajstić information content (AvgIpc) is 2.56. The van der Waals surface area contributed by atoms with Crippen molar-refractivity contribution in [3.63, 3.8) is 0 Å². The van der Waals surface area contributed by atoms with Crippen LogP contribution in [0.25, 0.3) is 0 Å². The molecule has 0 saturated heterocycles. The zero-order chi connectivity index (χ0) is 17.7. The van der Waals surface area contributed by atoms with E-state index in [-0.39, 0.29) is 10.8 Å². The van der Waals surface area contributed by atoms with Gasteiger partial charge in [-0.05, 0) is 48.2 Å². The van der Waals surface area contributed by atoms with E-state index in [2.05, 4.69) is 5.32 Å². The Morgan fingerprint density at radius 2 is 1.62 bits per heavy atom. The largest absolute Gasteiger partial charge is 0.322 e. The number of hydrogen-bond acceptors (Lipinski definition) is 4. The van der Waals surface area contributed by atoms with Crippen molar-refractivity contribution >= 4 is 33.4 Å². The summed E-state index contributed by atoms with van der Waals surface area (Å²) in [7, 11) is -0.510. The summed E-state index contributed by atoms with van der Waals surface area (Å²) in [4.78, 5) is 12.4. The van der Waals surface area contributed by atoms with E-state index in [0.717, 1.165) is 15.6 Å². The fourth-order valence-electron chi connectivity index (χ4n) is 2.04. The van der Waals surface area contributed by atoms with Crippen molar-refractivity contribution in [2.75, 3.05) is 25.7 Å². The Bertz CT molecular complexity index is 799. The van der Waals surface area contributed by atoms with Gasteiger partial charge in [0.15, 0.2) is 0 Å². The molecule has 0 spiro atoms. The number of sulfonamides is 1. The summed E-state index contributed by atoms with van der Waals surface area (Å²) < 4.78 is 25.2. The van der Waals surface area contributed by atoms with Crippen LogP contribution in [0, 0.1) is 0 Å². The van der Waals surface area contributed by atoms with E-state index in [9.17, 15) is 13.2 Å². The van der Waals surface area contributed by atoms with Crippen molar-refractivity contribution in [3.8, 4) is 0 Å². The van der Waals surface area contributed by atoms with E-state index in [1.165, 1.54) is 26.2 Å². The molecule has 1 amide bonds. The van der Waals surface area contributed by atoms with Gasteiger partial charge >= 0.3 is 0 Å². The molecule has 0 aliphatic carbocycles. The number of nitrogens with zero attached hydrogens (tertiary/aromatic N) is 1. The lowest BCUT2D eigenvalue weighted by Gasteiger charge is -2.12. The Labute approximate surface area is 147 Å². The second-order valence-electron chi connectivity index (χ2n) is 5.40. The number of carbonyl (C=O) groups is 1. The number of amides is 1. The zero-order valence-corrected chi connectivity index (χ0v) is 15.4. The number of hydrogen-bond donors (Lipinski definition) is 1. The van der Waals surface area contributed by atoms with Gasteiger partial charge in [0.2, 0.25) is 10.0 Å². The van der Waals surface area contributed by atoms with Crippen LogP contribution >= 0.6 is 11.8 Å². The van der Waals surface area contributed by atoms with Gasteiger partial charge in [0.05, 0.1) is 4.90 Å². The molecule has 0 bridgehead atoms. The Morgan fingerprint density at radius 3 is 2.12 bits per heavy atom. The van der Waals surface area contributed by atoms with Gasteiger partial charge in [0, 0.05) is 31.1 Å². The number of nitrogens with one attached hydrogen (secondary N) is 1. The highest BCUT2D eigenvalue weighted by atomic mass is 32.2. The zero-order valence-electron chi connectivity index (χ0n) is 13.8. The van der Waals surface area contributed by atoms with Gasteiger partial charge in [-0.1, -0.05) is 12.1 Å². The summed E-state index contributed by atoms with van der Waals surface area (Å²) in [6.07, 6.45) is 2.03. The van der Waals surface area contributed by atoms with Crippen LogP contribution in [0.2, 0.25) is 0 Å². The number of rotatable bonds is 6. The molecule has 0 heterocycles. The van der Waals surface area contributed by atoms with Gasteiger partial charge in [-0.3, -0.25) is 4.79 Å². The summed E-state index contributed by atoms with van der Waals surface area (Å²) in [6, 6.07) is 13.5. The fraction of sp³-hybridized carbons (Fsp3) is 0.235. The molecular weight excluding hydrogens is 344 g/mol. The smallest absolute Gasteiger partial charge is 0.255 e. The van der Waals surface area contributed by atoms with E-state index >= 15 is 0 Å². The molecule has 0 radical (unpaired) electrons. The highest BCUT2D eigenvalue weighted by Crippen LogP contribution is 2.17. The summed E-state index contributed by atoms with van der Waals surface area (Å²) in [5.41, 5.74) is 2.27. The lowest BCUT2D eigenvalue weighted by molar-refractivity contribution is 0.102. The Kier molecular flexibility index (Phi) is 6.04. The molecule has 0 aliphatic rings. The number of anilines is 1. The molecule has 0 unspecified atom stereocenters. The first-order chi connectivity index (χ1) is 11.3. The lowest BCUT2D eigenvalue weighted by atomic mass is 10.1. The summed E-state index contributed by atoms with van der Waals surface area (Å²) in [5, 5.41) is 2.76. The molecule has 2 aromatic carbocycles. The van der Waals surface area contributed by atoms with E-state index in [1.54, 1.807) is 36.0 Å². The second-order valence-corrected chi connectivity index (χ2v) is 8.41. The molecule has 0 fully saturated rings. The molecule has 0 saturated carbocycles. The molecule has 0 aromatic heterocycles. The van der Waals surface area contributed by atoms with Crippen LogP contribution in [0.1, 0.15) is 15.9 Å². The number of carbonyl (C=O) groups excluding carboxylic acids is 1. The lowest BCUT2D eigenvalue weighted by Crippen LogP contribution is -2.22. The number of benzene rings is 2. The molecule has 0 aliphatic heterocycles. The SMILES string of the molecule is CSCc1ccc(C(=O)Nc2ccc(S(=O)(=O)N(C)C)cc2)cc1. The highest BCUT2D eigenvalue weighted by molar-refractivity contribution is 7.97. The maximum Gasteiger partial charge on any atom is 0.255 e. The third kappa shape index (κ3) is 4.37. The Hall–Kier alpha value is -1.83. The van der Waals surface area contributed by atoms with Gasteiger partial charge in [0.1, 0.15) is 0 Å². The maximum absolute atomic E-state index is 12.2. The molecule has 0 atom stereocenters. The molecule has 7 heteroatoms. The van der Waals surface area contributed by atoms with Crippen LogP contribution in [-0.2, 0) is 15.8 Å². The minimum absolute atomic E-state index is 0.187. The Balaban J connectivity index is 2.09. The maximum atomic E-state index is 12.2. The average molecular weight is 364 g/mol. The van der Waals surface area contributed by atoms with Crippen molar-refractivity contribution in [1.29, 1.82) is 0 Å². The first-order valence-electron chi connectivity index (χ1n) is 7.26. The molecule has 24 heavy (non-hydrogen) atoms. The quantitative estimate of drug-likeness (QED) is 0.855. The molecule has 128 valence electrons. The van der Waals surface area contributed by atoms with Crippen molar-refractivity contribution in [1.82, 2.24) is 4.31 Å². The molecule has 2 aromatic rings. The van der Waals surface area contributed by atoms with Gasteiger partial charge in [0.25, 0.3) is 5.91 Å². The first-order valence-corrected chi connectivity index (χ1v) is 10.1. The summed E-state index contributed by atoms with van der Waals surface area (Å²) in [6.45, 7) is 0. The van der Waals surface area contributed by atoms with E-state index in [1.807, 2.05) is 18.4 Å². The predicted molar refractivity (Wildman–Crippen MR) is 98.9 cm³/mol. The van der Waals surface area contributed by atoms with Crippen molar-refractivity contribution in [2.45, 2.75) is 10.6 Å². The van der Waals surface area contributed by atoms with Crippen LogP contribution in [0.15, 0.2) is 53.4 Å². The van der Waals surface area contributed by atoms with Gasteiger partial charge < -0.3 is 5.32 Å². The normalized spacial score (nSPS) is 11.5. The van der Waals surface area contributed by atoms with E-state index in [4.69, 9.17) is 0 Å². The molecule has 5 nitrogen and oxygen atoms in total. The van der Waals surface area contributed by atoms with Gasteiger partial charge in [-0.2, -0.15) is 11.8 Å². The minimum Gasteiger partial charge on any atom is -0.322 e. The standard InChI is InChI=1S/C17H20N2O3S2/c1-19(2)24(21,22)16-10-8-15(9-11-16)18-17(20)14-6-4-13(5-7-14)12-23-3/h4-11H,12H2,1-3H3,(H,18,20). The topological polar surface area (TPSA) is 66.5 Å². The van der Waals surface area contributed by atoms with Crippen LogP contribution in [-0.4, -0.2) is 39.0 Å². The highest BCUT2D eigenvalue weighted by Gasteiger charge is 2.16. The van der Waals surface area contributed by atoms with E-state index in [0.29, 0.717) is 11.3 Å². The summed E-state index contributed by atoms with van der Waals surface area (Å²) in [5.74, 6) is 0.679. The van der Waals surface area contributed by atoms with Gasteiger partial charge in [-0.15, -0.1) is 0 Å². The van der Waals surface area contributed by atoms with Crippen molar-refractivity contribution in [3.05, 3.63) is 59.7 Å².